The van der Waals surface area contributed by atoms with E-state index in [0.29, 0.717) is 13.2 Å². The SMILES string of the molecule is Cc1ccccc1NC1COCC1O. The maximum atomic E-state index is 9.55. The van der Waals surface area contributed by atoms with Crippen LogP contribution < -0.4 is 5.32 Å². The lowest BCUT2D eigenvalue weighted by molar-refractivity contribution is 0.125. The molecule has 0 bridgehead atoms. The van der Waals surface area contributed by atoms with E-state index in [1.54, 1.807) is 0 Å². The zero-order chi connectivity index (χ0) is 9.97. The molecule has 1 aromatic carbocycles. The molecule has 2 N–H and O–H groups in total. The second-order valence-electron chi connectivity index (χ2n) is 3.67. The fraction of sp³-hybridized carbons (Fsp3) is 0.455. The van der Waals surface area contributed by atoms with Crippen molar-refractivity contribution in [3.63, 3.8) is 0 Å². The van der Waals surface area contributed by atoms with Crippen LogP contribution in [0.2, 0.25) is 0 Å². The molecule has 2 rings (SSSR count). The van der Waals surface area contributed by atoms with Gasteiger partial charge in [0.25, 0.3) is 0 Å². The average Bonchev–Trinajstić information content (AvgIpc) is 2.56. The Morgan fingerprint density at radius 3 is 2.79 bits per heavy atom. The van der Waals surface area contributed by atoms with Gasteiger partial charge in [-0.05, 0) is 18.6 Å². The molecule has 0 aliphatic carbocycles. The third kappa shape index (κ3) is 1.89. The van der Waals surface area contributed by atoms with Gasteiger partial charge in [0, 0.05) is 5.69 Å². The first-order chi connectivity index (χ1) is 6.77. The topological polar surface area (TPSA) is 41.5 Å². The Morgan fingerprint density at radius 1 is 1.36 bits per heavy atom. The maximum absolute atomic E-state index is 9.55. The van der Waals surface area contributed by atoms with Crippen molar-refractivity contribution in [3.8, 4) is 0 Å². The number of aliphatic hydroxyl groups excluding tert-OH is 1. The quantitative estimate of drug-likeness (QED) is 0.740. The fourth-order valence-corrected chi connectivity index (χ4v) is 1.62. The first-order valence-electron chi connectivity index (χ1n) is 4.85. The number of hydrogen-bond acceptors (Lipinski definition) is 3. The van der Waals surface area contributed by atoms with E-state index in [0.717, 1.165) is 5.69 Å². The van der Waals surface area contributed by atoms with Gasteiger partial charge in [-0.25, -0.2) is 0 Å². The number of benzene rings is 1. The van der Waals surface area contributed by atoms with Gasteiger partial charge in [0.1, 0.15) is 0 Å². The number of para-hydroxylation sites is 1. The van der Waals surface area contributed by atoms with Gasteiger partial charge in [-0.3, -0.25) is 0 Å². The minimum absolute atomic E-state index is 0.0242. The molecule has 0 saturated carbocycles. The van der Waals surface area contributed by atoms with Crippen LogP contribution in [0.15, 0.2) is 24.3 Å². The highest BCUT2D eigenvalue weighted by Gasteiger charge is 2.25. The molecule has 1 fully saturated rings. The van der Waals surface area contributed by atoms with E-state index >= 15 is 0 Å². The number of nitrogens with one attached hydrogen (secondary N) is 1. The molecule has 1 heterocycles. The molecule has 14 heavy (non-hydrogen) atoms. The van der Waals surface area contributed by atoms with Gasteiger partial charge in [0.2, 0.25) is 0 Å². The monoisotopic (exact) mass is 193 g/mol. The first-order valence-corrected chi connectivity index (χ1v) is 4.85. The van der Waals surface area contributed by atoms with E-state index in [-0.39, 0.29) is 6.04 Å². The summed E-state index contributed by atoms with van der Waals surface area (Å²) >= 11 is 0. The van der Waals surface area contributed by atoms with E-state index in [1.165, 1.54) is 5.56 Å². The van der Waals surface area contributed by atoms with Gasteiger partial charge in [-0.15, -0.1) is 0 Å². The van der Waals surface area contributed by atoms with Crippen LogP contribution in [0.1, 0.15) is 5.56 Å². The third-order valence-corrected chi connectivity index (χ3v) is 2.54. The largest absolute Gasteiger partial charge is 0.388 e. The van der Waals surface area contributed by atoms with E-state index in [1.807, 2.05) is 31.2 Å². The van der Waals surface area contributed by atoms with Gasteiger partial charge in [-0.2, -0.15) is 0 Å². The minimum atomic E-state index is -0.394. The van der Waals surface area contributed by atoms with Crippen molar-refractivity contribution < 1.29 is 9.84 Å². The standard InChI is InChI=1S/C11H15NO2/c1-8-4-2-3-5-9(8)12-10-6-14-7-11(10)13/h2-5,10-13H,6-7H2,1H3. The summed E-state index contributed by atoms with van der Waals surface area (Å²) in [4.78, 5) is 0. The second-order valence-corrected chi connectivity index (χ2v) is 3.67. The molecule has 2 atom stereocenters. The highest BCUT2D eigenvalue weighted by atomic mass is 16.5. The summed E-state index contributed by atoms with van der Waals surface area (Å²) in [5, 5.41) is 12.8. The zero-order valence-corrected chi connectivity index (χ0v) is 8.23. The van der Waals surface area contributed by atoms with E-state index < -0.39 is 6.10 Å². The summed E-state index contributed by atoms with van der Waals surface area (Å²) in [6.07, 6.45) is -0.394. The van der Waals surface area contributed by atoms with Gasteiger partial charge in [-0.1, -0.05) is 18.2 Å². The number of aliphatic hydroxyl groups is 1. The Kier molecular flexibility index (Phi) is 2.70. The number of hydrogen-bond donors (Lipinski definition) is 2. The fourth-order valence-electron chi connectivity index (χ4n) is 1.62. The molecule has 3 heteroatoms. The molecular formula is C11H15NO2. The lowest BCUT2D eigenvalue weighted by atomic mass is 10.1. The normalized spacial score (nSPS) is 26.4. The van der Waals surface area contributed by atoms with Crippen LogP contribution in [0, 0.1) is 6.92 Å². The molecule has 1 aromatic rings. The molecular weight excluding hydrogens is 178 g/mol. The van der Waals surface area contributed by atoms with Crippen LogP contribution in [-0.2, 0) is 4.74 Å². The van der Waals surface area contributed by atoms with Crippen molar-refractivity contribution in [2.75, 3.05) is 18.5 Å². The van der Waals surface area contributed by atoms with Gasteiger partial charge in [0.15, 0.2) is 0 Å². The van der Waals surface area contributed by atoms with E-state index in [9.17, 15) is 5.11 Å². The van der Waals surface area contributed by atoms with Crippen molar-refractivity contribution in [1.29, 1.82) is 0 Å². The number of aryl methyl sites for hydroxylation is 1. The van der Waals surface area contributed by atoms with E-state index in [4.69, 9.17) is 4.74 Å². The van der Waals surface area contributed by atoms with Crippen LogP contribution in [0.5, 0.6) is 0 Å². The lowest BCUT2D eigenvalue weighted by Crippen LogP contribution is -2.32. The van der Waals surface area contributed by atoms with Gasteiger partial charge < -0.3 is 15.2 Å². The number of anilines is 1. The molecule has 0 amide bonds. The predicted molar refractivity (Wildman–Crippen MR) is 55.4 cm³/mol. The zero-order valence-electron chi connectivity index (χ0n) is 8.23. The van der Waals surface area contributed by atoms with Crippen LogP contribution >= 0.6 is 0 Å². The molecule has 3 nitrogen and oxygen atoms in total. The van der Waals surface area contributed by atoms with Crippen molar-refractivity contribution in [3.05, 3.63) is 29.8 Å². The highest BCUT2D eigenvalue weighted by molar-refractivity contribution is 5.51. The predicted octanol–water partition coefficient (Wildman–Crippen LogP) is 1.17. The Morgan fingerprint density at radius 2 is 2.14 bits per heavy atom. The Hall–Kier alpha value is -1.06. The molecule has 0 radical (unpaired) electrons. The number of rotatable bonds is 2. The summed E-state index contributed by atoms with van der Waals surface area (Å²) in [5.41, 5.74) is 2.26. The summed E-state index contributed by atoms with van der Waals surface area (Å²) in [6.45, 7) is 3.06. The van der Waals surface area contributed by atoms with E-state index in [2.05, 4.69) is 5.32 Å². The van der Waals surface area contributed by atoms with Crippen LogP contribution in [-0.4, -0.2) is 30.5 Å². The summed E-state index contributed by atoms with van der Waals surface area (Å²) in [6, 6.07) is 8.07. The molecule has 1 aliphatic heterocycles. The van der Waals surface area contributed by atoms with Gasteiger partial charge >= 0.3 is 0 Å². The van der Waals surface area contributed by atoms with Crippen molar-refractivity contribution in [2.45, 2.75) is 19.1 Å². The molecule has 1 saturated heterocycles. The second kappa shape index (κ2) is 3.98. The molecule has 0 spiro atoms. The van der Waals surface area contributed by atoms with Crippen molar-refractivity contribution in [1.82, 2.24) is 0 Å². The average molecular weight is 193 g/mol. The molecule has 76 valence electrons. The first kappa shape index (κ1) is 9.49. The van der Waals surface area contributed by atoms with Crippen LogP contribution in [0.3, 0.4) is 0 Å². The van der Waals surface area contributed by atoms with Gasteiger partial charge in [0.05, 0.1) is 25.4 Å². The lowest BCUT2D eigenvalue weighted by Gasteiger charge is -2.17. The van der Waals surface area contributed by atoms with Crippen molar-refractivity contribution >= 4 is 5.69 Å². The van der Waals surface area contributed by atoms with Crippen molar-refractivity contribution in [2.24, 2.45) is 0 Å². The Labute approximate surface area is 83.7 Å². The molecule has 2 unspecified atom stereocenters. The Bertz CT molecular complexity index is 314. The molecule has 0 aromatic heterocycles. The third-order valence-electron chi connectivity index (χ3n) is 2.54. The number of ether oxygens (including phenoxy) is 1. The maximum Gasteiger partial charge on any atom is 0.0996 e. The Balaban J connectivity index is 2.07. The summed E-state index contributed by atoms with van der Waals surface area (Å²) < 4.78 is 5.17. The van der Waals surface area contributed by atoms with Crippen LogP contribution in [0.4, 0.5) is 5.69 Å². The molecule has 1 aliphatic rings. The smallest absolute Gasteiger partial charge is 0.0996 e. The minimum Gasteiger partial charge on any atom is -0.388 e. The summed E-state index contributed by atoms with van der Waals surface area (Å²) in [5.74, 6) is 0. The highest BCUT2D eigenvalue weighted by Crippen LogP contribution is 2.17. The van der Waals surface area contributed by atoms with Crippen LogP contribution in [0.25, 0.3) is 0 Å². The summed E-state index contributed by atoms with van der Waals surface area (Å²) in [7, 11) is 0.